The van der Waals surface area contributed by atoms with Gasteiger partial charge in [0.15, 0.2) is 5.75 Å². The first-order valence-electron chi connectivity index (χ1n) is 8.79. The Balaban J connectivity index is 1.74. The second-order valence-corrected chi connectivity index (χ2v) is 7.83. The smallest absolute Gasteiger partial charge is 0.313 e. The summed E-state index contributed by atoms with van der Waals surface area (Å²) in [6, 6.07) is 23.8. The molecule has 0 atom stereocenters. The van der Waals surface area contributed by atoms with Crippen molar-refractivity contribution in [2.45, 2.75) is 12.3 Å². The van der Waals surface area contributed by atoms with Crippen molar-refractivity contribution in [1.29, 1.82) is 5.26 Å². The molecule has 29 heavy (non-hydrogen) atoms. The van der Waals surface area contributed by atoms with Gasteiger partial charge in [0.1, 0.15) is 5.75 Å². The van der Waals surface area contributed by atoms with Gasteiger partial charge in [-0.1, -0.05) is 54.6 Å². The number of benzene rings is 3. The van der Waals surface area contributed by atoms with Gasteiger partial charge >= 0.3 is 10.1 Å². The van der Waals surface area contributed by atoms with Gasteiger partial charge < -0.3 is 9.50 Å². The molecule has 0 heterocycles. The monoisotopic (exact) mass is 406 g/mol. The molecule has 0 spiro atoms. The van der Waals surface area contributed by atoms with E-state index in [1.807, 2.05) is 36.4 Å². The summed E-state index contributed by atoms with van der Waals surface area (Å²) in [7, 11) is -4.03. The zero-order valence-corrected chi connectivity index (χ0v) is 16.2. The third-order valence-electron chi connectivity index (χ3n) is 4.04. The van der Waals surface area contributed by atoms with Gasteiger partial charge in [-0.3, -0.25) is 4.79 Å². The van der Waals surface area contributed by atoms with E-state index in [0.717, 1.165) is 5.56 Å². The number of hydrogen-bond donors (Lipinski definition) is 1. The van der Waals surface area contributed by atoms with Crippen LogP contribution in [-0.2, 0) is 22.4 Å². The van der Waals surface area contributed by atoms with E-state index in [1.165, 1.54) is 18.2 Å². The second-order valence-electron chi connectivity index (χ2n) is 6.26. The van der Waals surface area contributed by atoms with E-state index in [4.69, 9.17) is 9.44 Å². The molecule has 6 nitrogen and oxygen atoms in total. The molecule has 0 saturated carbocycles. The van der Waals surface area contributed by atoms with Gasteiger partial charge in [0.05, 0.1) is 17.2 Å². The van der Waals surface area contributed by atoms with Crippen molar-refractivity contribution < 1.29 is 17.4 Å². The number of carbonyl (C=O) groups excluding carboxylic acids is 1. The number of hydrogen-bond acceptors (Lipinski definition) is 5. The fraction of sp³-hybridized carbons (Fsp3) is 0.0909. The Hall–Kier alpha value is -3.63. The topological polar surface area (TPSA) is 96.3 Å². The molecule has 0 unspecified atom stereocenters. The number of amides is 1. The fourth-order valence-corrected chi connectivity index (χ4v) is 3.77. The van der Waals surface area contributed by atoms with Gasteiger partial charge in [0.2, 0.25) is 0 Å². The standard InChI is InChI=1S/C22H18N2O4S/c23-14-18-9-6-10-19(13-18)16-29(26,27)28-21-12-5-4-11-20(21)22(25)24-15-17-7-2-1-3-8-17/h1-13H,15-16H2,(H,24,25). The molecule has 0 fully saturated rings. The SMILES string of the molecule is N#Cc1cccc(CS(=O)(=O)Oc2ccccc2C(=O)NCc2ccccc2)c1. The molecule has 0 aliphatic rings. The van der Waals surface area contributed by atoms with Crippen molar-refractivity contribution >= 4 is 16.0 Å². The lowest BCUT2D eigenvalue weighted by Crippen LogP contribution is -2.24. The molecule has 146 valence electrons. The van der Waals surface area contributed by atoms with Crippen LogP contribution in [0.1, 0.15) is 27.0 Å². The van der Waals surface area contributed by atoms with Gasteiger partial charge in [-0.25, -0.2) is 0 Å². The number of nitriles is 1. The Morgan fingerprint density at radius 1 is 0.931 bits per heavy atom. The minimum Gasteiger partial charge on any atom is -0.381 e. The largest absolute Gasteiger partial charge is 0.381 e. The zero-order valence-electron chi connectivity index (χ0n) is 15.4. The molecule has 0 radical (unpaired) electrons. The minimum absolute atomic E-state index is 0.0468. The molecule has 0 bridgehead atoms. The van der Waals surface area contributed by atoms with Crippen LogP contribution >= 0.6 is 0 Å². The van der Waals surface area contributed by atoms with Crippen molar-refractivity contribution in [3.8, 4) is 11.8 Å². The number of rotatable bonds is 7. The molecule has 3 rings (SSSR count). The summed E-state index contributed by atoms with van der Waals surface area (Å²) >= 11 is 0. The molecule has 1 amide bonds. The molecule has 3 aromatic carbocycles. The quantitative estimate of drug-likeness (QED) is 0.607. The molecule has 1 N–H and O–H groups in total. The highest BCUT2D eigenvalue weighted by Gasteiger charge is 2.19. The molecule has 0 aromatic heterocycles. The number of nitrogens with one attached hydrogen (secondary N) is 1. The first kappa shape index (κ1) is 20.1. The van der Waals surface area contributed by atoms with E-state index >= 15 is 0 Å². The average molecular weight is 406 g/mol. The summed E-state index contributed by atoms with van der Waals surface area (Å²) in [5.74, 6) is -0.900. The van der Waals surface area contributed by atoms with Crippen molar-refractivity contribution in [3.63, 3.8) is 0 Å². The molecule has 0 aliphatic carbocycles. The van der Waals surface area contributed by atoms with Crippen LogP contribution in [0.5, 0.6) is 5.75 Å². The maximum absolute atomic E-state index is 12.5. The van der Waals surface area contributed by atoms with Crippen LogP contribution < -0.4 is 9.50 Å². The predicted octanol–water partition coefficient (Wildman–Crippen LogP) is 3.40. The summed E-state index contributed by atoms with van der Waals surface area (Å²) in [5, 5.41) is 11.7. The van der Waals surface area contributed by atoms with Crippen LogP contribution in [0.4, 0.5) is 0 Å². The van der Waals surface area contributed by atoms with Gasteiger partial charge in [-0.15, -0.1) is 0 Å². The Morgan fingerprint density at radius 2 is 1.62 bits per heavy atom. The minimum atomic E-state index is -4.03. The van der Waals surface area contributed by atoms with Crippen molar-refractivity contribution in [3.05, 3.63) is 101 Å². The third kappa shape index (κ3) is 5.67. The van der Waals surface area contributed by atoms with Gasteiger partial charge in [-0.05, 0) is 35.4 Å². The van der Waals surface area contributed by atoms with Gasteiger partial charge in [-0.2, -0.15) is 13.7 Å². The number of para-hydroxylation sites is 1. The Morgan fingerprint density at radius 3 is 2.38 bits per heavy atom. The molecular weight excluding hydrogens is 388 g/mol. The van der Waals surface area contributed by atoms with E-state index in [-0.39, 0.29) is 11.3 Å². The molecule has 7 heteroatoms. The van der Waals surface area contributed by atoms with Crippen LogP contribution in [0.2, 0.25) is 0 Å². The summed E-state index contributed by atoms with van der Waals surface area (Å²) < 4.78 is 30.2. The summed E-state index contributed by atoms with van der Waals surface area (Å²) in [6.45, 7) is 0.307. The van der Waals surface area contributed by atoms with Crippen LogP contribution in [0, 0.1) is 11.3 Å². The maximum Gasteiger partial charge on any atom is 0.313 e. The first-order chi connectivity index (χ1) is 14.0. The van der Waals surface area contributed by atoms with Crippen LogP contribution in [-0.4, -0.2) is 14.3 Å². The Bertz CT molecular complexity index is 1150. The second kappa shape index (κ2) is 9.04. The Labute approximate surface area is 169 Å². The Kier molecular flexibility index (Phi) is 6.27. The third-order valence-corrected chi connectivity index (χ3v) is 5.16. The van der Waals surface area contributed by atoms with Gasteiger partial charge in [0, 0.05) is 6.54 Å². The number of nitrogens with zero attached hydrogens (tertiary/aromatic N) is 1. The van der Waals surface area contributed by atoms with E-state index in [9.17, 15) is 13.2 Å². The molecule has 0 aliphatic heterocycles. The maximum atomic E-state index is 12.5. The highest BCUT2D eigenvalue weighted by molar-refractivity contribution is 7.86. The highest BCUT2D eigenvalue weighted by Crippen LogP contribution is 2.22. The summed E-state index contributed by atoms with van der Waals surface area (Å²) in [6.07, 6.45) is 0. The summed E-state index contributed by atoms with van der Waals surface area (Å²) in [4.78, 5) is 12.5. The van der Waals surface area contributed by atoms with E-state index in [1.54, 1.807) is 30.3 Å². The lowest BCUT2D eigenvalue weighted by Gasteiger charge is -2.12. The molecule has 3 aromatic rings. The van der Waals surface area contributed by atoms with Crippen molar-refractivity contribution in [2.24, 2.45) is 0 Å². The predicted molar refractivity (Wildman–Crippen MR) is 108 cm³/mol. The van der Waals surface area contributed by atoms with Crippen LogP contribution in [0.3, 0.4) is 0 Å². The van der Waals surface area contributed by atoms with Crippen LogP contribution in [0.15, 0.2) is 78.9 Å². The fourth-order valence-electron chi connectivity index (χ4n) is 2.70. The van der Waals surface area contributed by atoms with E-state index < -0.39 is 21.8 Å². The highest BCUT2D eigenvalue weighted by atomic mass is 32.2. The van der Waals surface area contributed by atoms with E-state index in [0.29, 0.717) is 17.7 Å². The normalized spacial score (nSPS) is 10.7. The summed E-state index contributed by atoms with van der Waals surface area (Å²) in [5.41, 5.74) is 1.83. The first-order valence-corrected chi connectivity index (χ1v) is 10.4. The average Bonchev–Trinajstić information content (AvgIpc) is 2.72. The zero-order chi connectivity index (χ0) is 20.7. The lowest BCUT2D eigenvalue weighted by atomic mass is 10.1. The van der Waals surface area contributed by atoms with Gasteiger partial charge in [0.25, 0.3) is 5.91 Å². The van der Waals surface area contributed by atoms with Crippen molar-refractivity contribution in [2.75, 3.05) is 0 Å². The molecular formula is C22H18N2O4S. The lowest BCUT2D eigenvalue weighted by molar-refractivity contribution is 0.0949. The number of carbonyl (C=O) groups is 1. The van der Waals surface area contributed by atoms with Crippen molar-refractivity contribution in [1.82, 2.24) is 5.32 Å². The molecule has 0 saturated heterocycles. The van der Waals surface area contributed by atoms with E-state index in [2.05, 4.69) is 5.32 Å². The van der Waals surface area contributed by atoms with Crippen LogP contribution in [0.25, 0.3) is 0 Å².